The quantitative estimate of drug-likeness (QED) is 0.799. The molecular weight excluding hydrogens is 202 g/mol. The highest BCUT2D eigenvalue weighted by Gasteiger charge is 2.20. The van der Waals surface area contributed by atoms with Gasteiger partial charge in [-0.1, -0.05) is 43.7 Å². The molecule has 0 saturated carbocycles. The molecule has 16 heavy (non-hydrogen) atoms. The zero-order valence-corrected chi connectivity index (χ0v) is 10.1. The highest BCUT2D eigenvalue weighted by atomic mass is 16.4. The molecule has 0 aromatic heterocycles. The van der Waals surface area contributed by atoms with E-state index in [1.807, 2.05) is 6.07 Å². The van der Waals surface area contributed by atoms with Crippen molar-refractivity contribution in [2.24, 2.45) is 0 Å². The summed E-state index contributed by atoms with van der Waals surface area (Å²) in [6.07, 6.45) is 0. The van der Waals surface area contributed by atoms with Gasteiger partial charge in [0.2, 0.25) is 0 Å². The van der Waals surface area contributed by atoms with Crippen LogP contribution in [-0.2, 0) is 10.2 Å². The van der Waals surface area contributed by atoms with E-state index in [1.54, 1.807) is 0 Å². The van der Waals surface area contributed by atoms with Crippen LogP contribution in [0.5, 0.6) is 0 Å². The second kappa shape index (κ2) is 5.12. The molecule has 0 saturated heterocycles. The number of nitrogens with one attached hydrogen (secondary N) is 1. The number of rotatable bonds is 5. The summed E-state index contributed by atoms with van der Waals surface area (Å²) in [5.41, 5.74) is 2.40. The number of carboxylic acid groups (broad SMARTS) is 1. The lowest BCUT2D eigenvalue weighted by Crippen LogP contribution is -2.35. The van der Waals surface area contributed by atoms with Crippen LogP contribution in [0.4, 0.5) is 0 Å². The molecule has 0 heterocycles. The molecule has 0 radical (unpaired) electrons. The normalized spacial score (nSPS) is 11.4. The largest absolute Gasteiger partial charge is 0.480 e. The second-order valence-electron chi connectivity index (χ2n) is 4.75. The monoisotopic (exact) mass is 221 g/mol. The molecule has 0 aliphatic rings. The third-order valence-corrected chi connectivity index (χ3v) is 2.64. The topological polar surface area (TPSA) is 49.3 Å². The second-order valence-corrected chi connectivity index (χ2v) is 4.75. The van der Waals surface area contributed by atoms with Gasteiger partial charge in [0.05, 0.1) is 6.54 Å². The number of benzene rings is 1. The van der Waals surface area contributed by atoms with Crippen LogP contribution in [-0.4, -0.2) is 24.2 Å². The van der Waals surface area contributed by atoms with E-state index in [9.17, 15) is 4.79 Å². The van der Waals surface area contributed by atoms with E-state index in [0.29, 0.717) is 6.54 Å². The standard InChI is InChI=1S/C13H19NO2/c1-10-5-4-6-11(7-10)13(2,3)9-14-8-12(15)16/h4-7,14H,8-9H2,1-3H3,(H,15,16). The van der Waals surface area contributed by atoms with Gasteiger partial charge in [-0.25, -0.2) is 0 Å². The van der Waals surface area contributed by atoms with Crippen molar-refractivity contribution in [1.29, 1.82) is 0 Å². The van der Waals surface area contributed by atoms with Crippen molar-refractivity contribution in [3.63, 3.8) is 0 Å². The van der Waals surface area contributed by atoms with E-state index >= 15 is 0 Å². The third kappa shape index (κ3) is 3.66. The lowest BCUT2D eigenvalue weighted by atomic mass is 9.84. The molecule has 0 atom stereocenters. The van der Waals surface area contributed by atoms with Crippen LogP contribution in [0.3, 0.4) is 0 Å². The zero-order valence-electron chi connectivity index (χ0n) is 10.1. The average Bonchev–Trinajstić information content (AvgIpc) is 2.16. The fourth-order valence-corrected chi connectivity index (χ4v) is 1.65. The summed E-state index contributed by atoms with van der Waals surface area (Å²) < 4.78 is 0. The molecule has 1 aromatic rings. The number of hydrogen-bond acceptors (Lipinski definition) is 2. The van der Waals surface area contributed by atoms with Crippen molar-refractivity contribution in [3.8, 4) is 0 Å². The minimum absolute atomic E-state index is 0.00917. The molecule has 1 rings (SSSR count). The smallest absolute Gasteiger partial charge is 0.317 e. The SMILES string of the molecule is Cc1cccc(C(C)(C)CNCC(=O)O)c1. The van der Waals surface area contributed by atoms with E-state index in [-0.39, 0.29) is 12.0 Å². The van der Waals surface area contributed by atoms with Crippen LogP contribution in [0.25, 0.3) is 0 Å². The summed E-state index contributed by atoms with van der Waals surface area (Å²) in [6, 6.07) is 8.31. The number of aliphatic carboxylic acids is 1. The molecule has 0 spiro atoms. The van der Waals surface area contributed by atoms with Crippen molar-refractivity contribution in [3.05, 3.63) is 35.4 Å². The van der Waals surface area contributed by atoms with Gasteiger partial charge >= 0.3 is 5.97 Å². The molecule has 0 amide bonds. The number of hydrogen-bond donors (Lipinski definition) is 2. The fourth-order valence-electron chi connectivity index (χ4n) is 1.65. The first-order valence-corrected chi connectivity index (χ1v) is 5.41. The van der Waals surface area contributed by atoms with E-state index < -0.39 is 5.97 Å². The molecule has 0 fully saturated rings. The Hall–Kier alpha value is -1.35. The van der Waals surface area contributed by atoms with Crippen LogP contribution in [0.1, 0.15) is 25.0 Å². The molecule has 2 N–H and O–H groups in total. The van der Waals surface area contributed by atoms with Crippen molar-refractivity contribution >= 4 is 5.97 Å². The molecule has 88 valence electrons. The minimum atomic E-state index is -0.819. The molecule has 3 nitrogen and oxygen atoms in total. The lowest BCUT2D eigenvalue weighted by Gasteiger charge is -2.25. The van der Waals surface area contributed by atoms with Crippen LogP contribution < -0.4 is 5.32 Å². The van der Waals surface area contributed by atoms with E-state index in [4.69, 9.17) is 5.11 Å². The van der Waals surface area contributed by atoms with E-state index in [2.05, 4.69) is 44.3 Å². The van der Waals surface area contributed by atoms with Crippen LogP contribution >= 0.6 is 0 Å². The number of carboxylic acids is 1. The summed E-state index contributed by atoms with van der Waals surface area (Å²) in [7, 11) is 0. The van der Waals surface area contributed by atoms with Crippen LogP contribution in [0.2, 0.25) is 0 Å². The molecule has 0 aliphatic carbocycles. The Kier molecular flexibility index (Phi) is 4.07. The summed E-state index contributed by atoms with van der Waals surface area (Å²) in [5, 5.41) is 11.5. The van der Waals surface area contributed by atoms with Gasteiger partial charge in [-0.2, -0.15) is 0 Å². The highest BCUT2D eigenvalue weighted by Crippen LogP contribution is 2.22. The van der Waals surface area contributed by atoms with Crippen molar-refractivity contribution in [1.82, 2.24) is 5.32 Å². The van der Waals surface area contributed by atoms with Crippen molar-refractivity contribution < 1.29 is 9.90 Å². The fraction of sp³-hybridized carbons (Fsp3) is 0.462. The Morgan fingerprint density at radius 3 is 2.69 bits per heavy atom. The van der Waals surface area contributed by atoms with Crippen molar-refractivity contribution in [2.75, 3.05) is 13.1 Å². The average molecular weight is 221 g/mol. The predicted molar refractivity (Wildman–Crippen MR) is 64.7 cm³/mol. The van der Waals surface area contributed by atoms with Gasteiger partial charge in [0.1, 0.15) is 0 Å². The highest BCUT2D eigenvalue weighted by molar-refractivity contribution is 5.69. The molecular formula is C13H19NO2. The van der Waals surface area contributed by atoms with E-state index in [0.717, 1.165) is 0 Å². The minimum Gasteiger partial charge on any atom is -0.480 e. The Morgan fingerprint density at radius 1 is 1.44 bits per heavy atom. The molecule has 0 bridgehead atoms. The van der Waals surface area contributed by atoms with E-state index in [1.165, 1.54) is 11.1 Å². The zero-order chi connectivity index (χ0) is 12.2. The Morgan fingerprint density at radius 2 is 2.12 bits per heavy atom. The number of aryl methyl sites for hydroxylation is 1. The van der Waals surface area contributed by atoms with Crippen LogP contribution in [0.15, 0.2) is 24.3 Å². The lowest BCUT2D eigenvalue weighted by molar-refractivity contribution is -0.136. The maximum absolute atomic E-state index is 10.4. The molecule has 0 unspecified atom stereocenters. The number of carbonyl (C=O) groups is 1. The summed E-state index contributed by atoms with van der Waals surface area (Å²) in [6.45, 7) is 6.94. The van der Waals surface area contributed by atoms with Gasteiger partial charge in [-0.05, 0) is 12.5 Å². The molecule has 0 aliphatic heterocycles. The molecule has 3 heteroatoms. The molecule has 1 aromatic carbocycles. The summed E-state index contributed by atoms with van der Waals surface area (Å²) >= 11 is 0. The van der Waals surface area contributed by atoms with Gasteiger partial charge in [0.25, 0.3) is 0 Å². The predicted octanol–water partition coefficient (Wildman–Crippen LogP) is 1.95. The maximum Gasteiger partial charge on any atom is 0.317 e. The Bertz CT molecular complexity index is 372. The first-order valence-electron chi connectivity index (χ1n) is 5.41. The van der Waals surface area contributed by atoms with Gasteiger partial charge in [-0.15, -0.1) is 0 Å². The first kappa shape index (κ1) is 12.7. The maximum atomic E-state index is 10.4. The van der Waals surface area contributed by atoms with Gasteiger partial charge < -0.3 is 10.4 Å². The van der Waals surface area contributed by atoms with Gasteiger partial charge in [0, 0.05) is 12.0 Å². The van der Waals surface area contributed by atoms with Gasteiger partial charge in [-0.3, -0.25) is 4.79 Å². The summed E-state index contributed by atoms with van der Waals surface area (Å²) in [4.78, 5) is 10.4. The Labute approximate surface area is 96.5 Å². The summed E-state index contributed by atoms with van der Waals surface area (Å²) in [5.74, 6) is -0.819. The van der Waals surface area contributed by atoms with Gasteiger partial charge in [0.15, 0.2) is 0 Å². The Balaban J connectivity index is 2.66. The third-order valence-electron chi connectivity index (χ3n) is 2.64. The van der Waals surface area contributed by atoms with Crippen molar-refractivity contribution in [2.45, 2.75) is 26.2 Å². The van der Waals surface area contributed by atoms with Crippen LogP contribution in [0, 0.1) is 6.92 Å². The first-order chi connectivity index (χ1) is 7.42.